The maximum atomic E-state index is 12.4. The SMILES string of the molecule is CCCCCC/C=C\C/C=C\CCCCCCCC(=O)NC(CS(=O)(=O)O)C(O)/C=C/CCCCCCCCCCC. The van der Waals surface area contributed by atoms with Crippen LogP contribution in [0.5, 0.6) is 0 Å². The normalized spacial score (nSPS) is 13.9. The van der Waals surface area contributed by atoms with Gasteiger partial charge in [0.25, 0.3) is 10.1 Å². The Morgan fingerprint density at radius 1 is 0.643 bits per heavy atom. The Morgan fingerprint density at radius 3 is 1.57 bits per heavy atom. The molecule has 0 aromatic rings. The zero-order valence-corrected chi connectivity index (χ0v) is 27.9. The summed E-state index contributed by atoms with van der Waals surface area (Å²) in [5, 5.41) is 13.1. The van der Waals surface area contributed by atoms with Crippen LogP contribution in [0.25, 0.3) is 0 Å². The fourth-order valence-electron chi connectivity index (χ4n) is 4.95. The second-order valence-electron chi connectivity index (χ2n) is 11.8. The molecule has 2 atom stereocenters. The number of nitrogens with one attached hydrogen (secondary N) is 1. The van der Waals surface area contributed by atoms with Crippen LogP contribution in [0.3, 0.4) is 0 Å². The van der Waals surface area contributed by atoms with E-state index >= 15 is 0 Å². The third-order valence-corrected chi connectivity index (χ3v) is 8.34. The summed E-state index contributed by atoms with van der Waals surface area (Å²) < 4.78 is 32.2. The van der Waals surface area contributed by atoms with E-state index in [9.17, 15) is 22.9 Å². The van der Waals surface area contributed by atoms with Gasteiger partial charge in [0.15, 0.2) is 0 Å². The second-order valence-corrected chi connectivity index (χ2v) is 13.3. The van der Waals surface area contributed by atoms with Crippen molar-refractivity contribution in [3.63, 3.8) is 0 Å². The number of rotatable bonds is 30. The maximum Gasteiger partial charge on any atom is 0.267 e. The predicted octanol–water partition coefficient (Wildman–Crippen LogP) is 9.40. The van der Waals surface area contributed by atoms with Gasteiger partial charge in [0.05, 0.1) is 17.9 Å². The van der Waals surface area contributed by atoms with Crippen LogP contribution in [0.2, 0.25) is 0 Å². The monoisotopic (exact) mass is 611 g/mol. The molecular formula is C35H65NO5S. The summed E-state index contributed by atoms with van der Waals surface area (Å²) in [5.41, 5.74) is 0. The minimum Gasteiger partial charge on any atom is -0.387 e. The Hall–Kier alpha value is -1.44. The number of carbonyl (C=O) groups excluding carboxylic acids is 1. The first-order valence-electron chi connectivity index (χ1n) is 17.2. The van der Waals surface area contributed by atoms with E-state index in [0.29, 0.717) is 6.42 Å². The lowest BCUT2D eigenvalue weighted by Gasteiger charge is -2.21. The van der Waals surface area contributed by atoms with E-state index < -0.39 is 28.0 Å². The van der Waals surface area contributed by atoms with Crippen LogP contribution < -0.4 is 5.32 Å². The van der Waals surface area contributed by atoms with E-state index in [1.165, 1.54) is 77.0 Å². The average molecular weight is 612 g/mol. The summed E-state index contributed by atoms with van der Waals surface area (Å²) in [5.74, 6) is -0.999. The summed E-state index contributed by atoms with van der Waals surface area (Å²) in [6, 6.07) is -1.06. The Balaban J connectivity index is 4.05. The third-order valence-electron chi connectivity index (χ3n) is 7.56. The first-order chi connectivity index (χ1) is 20.3. The van der Waals surface area contributed by atoms with Crippen LogP contribution in [-0.2, 0) is 14.9 Å². The predicted molar refractivity (Wildman–Crippen MR) is 179 cm³/mol. The topological polar surface area (TPSA) is 104 Å². The Bertz CT molecular complexity index is 806. The summed E-state index contributed by atoms with van der Waals surface area (Å²) in [4.78, 5) is 12.4. The third kappa shape index (κ3) is 30.0. The molecule has 0 aliphatic rings. The first-order valence-corrected chi connectivity index (χ1v) is 18.8. The number of aliphatic hydroxyl groups excluding tert-OH is 1. The lowest BCUT2D eigenvalue weighted by molar-refractivity contribution is -0.122. The molecule has 1 amide bonds. The lowest BCUT2D eigenvalue weighted by Crippen LogP contribution is -2.46. The van der Waals surface area contributed by atoms with Gasteiger partial charge in [-0.05, 0) is 51.4 Å². The quantitative estimate of drug-likeness (QED) is 0.0426. The molecule has 0 fully saturated rings. The summed E-state index contributed by atoms with van der Waals surface area (Å²) in [6.45, 7) is 4.46. The van der Waals surface area contributed by atoms with E-state index in [1.54, 1.807) is 6.08 Å². The van der Waals surface area contributed by atoms with Crippen LogP contribution in [0, 0.1) is 0 Å². The molecule has 0 aliphatic carbocycles. The first kappa shape index (κ1) is 40.6. The zero-order chi connectivity index (χ0) is 31.2. The number of unbranched alkanes of at least 4 members (excludes halogenated alkanes) is 18. The van der Waals surface area contributed by atoms with E-state index in [0.717, 1.165) is 57.8 Å². The molecule has 6 nitrogen and oxygen atoms in total. The largest absolute Gasteiger partial charge is 0.387 e. The lowest BCUT2D eigenvalue weighted by atomic mass is 10.1. The van der Waals surface area contributed by atoms with Gasteiger partial charge in [0.2, 0.25) is 5.91 Å². The molecule has 0 aromatic carbocycles. The van der Waals surface area contributed by atoms with Crippen molar-refractivity contribution in [2.24, 2.45) is 0 Å². The Morgan fingerprint density at radius 2 is 1.07 bits per heavy atom. The van der Waals surface area contributed by atoms with Crippen molar-refractivity contribution in [3.8, 4) is 0 Å². The minimum atomic E-state index is -4.34. The van der Waals surface area contributed by atoms with Crippen molar-refractivity contribution in [3.05, 3.63) is 36.5 Å². The van der Waals surface area contributed by atoms with E-state index in [1.807, 2.05) is 6.08 Å². The Kier molecular flexibility index (Phi) is 28.6. The van der Waals surface area contributed by atoms with E-state index in [2.05, 4.69) is 43.5 Å². The summed E-state index contributed by atoms with van der Waals surface area (Å²) in [7, 11) is -4.34. The van der Waals surface area contributed by atoms with Crippen molar-refractivity contribution in [2.75, 3.05) is 5.75 Å². The van der Waals surface area contributed by atoms with Gasteiger partial charge >= 0.3 is 0 Å². The molecule has 0 saturated carbocycles. The van der Waals surface area contributed by atoms with E-state index in [4.69, 9.17) is 0 Å². The molecule has 246 valence electrons. The van der Waals surface area contributed by atoms with Crippen molar-refractivity contribution in [1.29, 1.82) is 0 Å². The molecule has 0 heterocycles. The highest BCUT2D eigenvalue weighted by Gasteiger charge is 2.24. The second kappa shape index (κ2) is 29.6. The fraction of sp³-hybridized carbons (Fsp3) is 0.800. The van der Waals surface area contributed by atoms with Crippen molar-refractivity contribution in [1.82, 2.24) is 5.32 Å². The van der Waals surface area contributed by atoms with Gasteiger partial charge in [-0.3, -0.25) is 9.35 Å². The molecule has 0 aromatic heterocycles. The molecule has 0 bridgehead atoms. The summed E-state index contributed by atoms with van der Waals surface area (Å²) in [6.07, 6.45) is 36.9. The molecule has 42 heavy (non-hydrogen) atoms. The molecule has 0 radical (unpaired) electrons. The molecule has 0 spiro atoms. The highest BCUT2D eigenvalue weighted by atomic mass is 32.2. The Labute approximate surface area is 259 Å². The number of hydrogen-bond acceptors (Lipinski definition) is 4. The molecular weight excluding hydrogens is 546 g/mol. The van der Waals surface area contributed by atoms with Crippen molar-refractivity contribution in [2.45, 2.75) is 174 Å². The van der Waals surface area contributed by atoms with Crippen LogP contribution in [0.15, 0.2) is 36.5 Å². The highest BCUT2D eigenvalue weighted by Crippen LogP contribution is 2.12. The smallest absolute Gasteiger partial charge is 0.267 e. The van der Waals surface area contributed by atoms with Crippen molar-refractivity contribution < 1.29 is 22.9 Å². The van der Waals surface area contributed by atoms with Gasteiger partial charge in [-0.25, -0.2) is 0 Å². The van der Waals surface area contributed by atoms with Crippen LogP contribution >= 0.6 is 0 Å². The van der Waals surface area contributed by atoms with Gasteiger partial charge in [0.1, 0.15) is 0 Å². The van der Waals surface area contributed by atoms with Crippen LogP contribution in [-0.4, -0.2) is 41.9 Å². The average Bonchev–Trinajstić information content (AvgIpc) is 2.94. The zero-order valence-electron chi connectivity index (χ0n) is 27.1. The van der Waals surface area contributed by atoms with Gasteiger partial charge in [-0.1, -0.05) is 140 Å². The van der Waals surface area contributed by atoms with Gasteiger partial charge < -0.3 is 10.4 Å². The molecule has 0 rings (SSSR count). The number of amides is 1. The minimum absolute atomic E-state index is 0.279. The van der Waals surface area contributed by atoms with Gasteiger partial charge in [-0.2, -0.15) is 8.42 Å². The number of hydrogen-bond donors (Lipinski definition) is 3. The van der Waals surface area contributed by atoms with Gasteiger partial charge in [0, 0.05) is 6.42 Å². The highest BCUT2D eigenvalue weighted by molar-refractivity contribution is 7.85. The van der Waals surface area contributed by atoms with Crippen LogP contribution in [0.4, 0.5) is 0 Å². The van der Waals surface area contributed by atoms with E-state index in [-0.39, 0.29) is 12.3 Å². The fourth-order valence-corrected chi connectivity index (χ4v) is 5.68. The molecule has 0 saturated heterocycles. The van der Waals surface area contributed by atoms with Crippen LogP contribution in [0.1, 0.15) is 162 Å². The van der Waals surface area contributed by atoms with Crippen molar-refractivity contribution >= 4 is 16.0 Å². The number of aliphatic hydroxyl groups is 1. The molecule has 3 N–H and O–H groups in total. The number of allylic oxidation sites excluding steroid dienone is 5. The number of carbonyl (C=O) groups is 1. The molecule has 2 unspecified atom stereocenters. The molecule has 7 heteroatoms. The maximum absolute atomic E-state index is 12.4. The van der Waals surface area contributed by atoms with Gasteiger partial charge in [-0.15, -0.1) is 0 Å². The summed E-state index contributed by atoms with van der Waals surface area (Å²) >= 11 is 0. The molecule has 0 aliphatic heterocycles. The standard InChI is InChI=1S/C35H65NO5S/c1-3-5-7-9-11-13-15-16-17-18-19-21-23-25-27-29-31-35(38)36-33(32-42(39,40)41)34(37)30-28-26-24-22-20-14-12-10-8-6-4-2/h13,15,17-18,28,30,33-34,37H,3-12,14,16,19-27,29,31-32H2,1-2H3,(H,36,38)(H,39,40,41)/b15-13-,18-17-,30-28+.